The number of hydrogen-bond donors (Lipinski definition) is 3. The zero-order chi connectivity index (χ0) is 24.1. The van der Waals surface area contributed by atoms with E-state index in [0.717, 1.165) is 0 Å². The predicted octanol–water partition coefficient (Wildman–Crippen LogP) is 3.59. The summed E-state index contributed by atoms with van der Waals surface area (Å²) in [5.74, 6) is -1.23. The zero-order valence-electron chi connectivity index (χ0n) is 17.4. The molecule has 0 saturated carbocycles. The Kier molecular flexibility index (Phi) is 6.95. The smallest absolute Gasteiger partial charge is 0.272 e. The predicted molar refractivity (Wildman–Crippen MR) is 130 cm³/mol. The highest BCUT2D eigenvalue weighted by atomic mass is 35.5. The van der Waals surface area contributed by atoms with E-state index >= 15 is 0 Å². The monoisotopic (exact) mass is 494 g/mol. The molecule has 0 fully saturated rings. The third kappa shape index (κ3) is 5.64. The van der Waals surface area contributed by atoms with E-state index in [1.54, 1.807) is 24.3 Å². The van der Waals surface area contributed by atoms with Gasteiger partial charge in [-0.2, -0.15) is 5.10 Å². The molecule has 0 atom stereocenters. The molecule has 4 rings (SSSR count). The summed E-state index contributed by atoms with van der Waals surface area (Å²) in [7, 11) is 0. The number of aromatic amines is 1. The van der Waals surface area contributed by atoms with Gasteiger partial charge in [-0.1, -0.05) is 35.3 Å². The van der Waals surface area contributed by atoms with Crippen molar-refractivity contribution in [3.63, 3.8) is 0 Å². The van der Waals surface area contributed by atoms with Gasteiger partial charge >= 0.3 is 0 Å². The molecule has 0 aliphatic carbocycles. The van der Waals surface area contributed by atoms with Crippen molar-refractivity contribution in [2.24, 2.45) is 5.10 Å². The second kappa shape index (κ2) is 10.2. The summed E-state index contributed by atoms with van der Waals surface area (Å²) in [6, 6.07) is 14.5. The maximum absolute atomic E-state index is 13.0. The average Bonchev–Trinajstić information content (AvgIpc) is 2.81. The minimum absolute atomic E-state index is 0.0508. The van der Waals surface area contributed by atoms with Crippen molar-refractivity contribution in [3.05, 3.63) is 98.6 Å². The van der Waals surface area contributed by atoms with E-state index in [4.69, 9.17) is 23.2 Å². The molecular weight excluding hydrogens is 479 g/mol. The van der Waals surface area contributed by atoms with Crippen LogP contribution in [0.4, 0.5) is 5.69 Å². The van der Waals surface area contributed by atoms with Crippen molar-refractivity contribution in [1.29, 1.82) is 0 Å². The number of anilines is 1. The number of nitrogens with zero attached hydrogens (tertiary/aromatic N) is 3. The number of fused-ring (bicyclic) bond motifs is 1. The quantitative estimate of drug-likeness (QED) is 0.278. The van der Waals surface area contributed by atoms with Gasteiger partial charge in [0.1, 0.15) is 11.4 Å². The number of hydrazone groups is 1. The molecule has 2 heterocycles. The molecule has 11 heteroatoms. The van der Waals surface area contributed by atoms with Crippen molar-refractivity contribution < 1.29 is 9.59 Å². The van der Waals surface area contributed by atoms with Crippen LogP contribution in [0.3, 0.4) is 0 Å². The maximum atomic E-state index is 13.0. The van der Waals surface area contributed by atoms with Crippen LogP contribution < -0.4 is 16.3 Å². The molecule has 0 saturated heterocycles. The lowest BCUT2D eigenvalue weighted by Gasteiger charge is -2.10. The Morgan fingerprint density at radius 1 is 1.00 bits per heavy atom. The summed E-state index contributed by atoms with van der Waals surface area (Å²) in [5, 5.41) is 7.25. The van der Waals surface area contributed by atoms with Crippen molar-refractivity contribution in [2.75, 3.05) is 5.32 Å². The molecule has 2 aromatic carbocycles. The van der Waals surface area contributed by atoms with Crippen LogP contribution in [0.1, 0.15) is 16.1 Å². The fourth-order valence-electron chi connectivity index (χ4n) is 3.03. The molecular formula is C23H16Cl2N6O3. The highest BCUT2D eigenvalue weighted by molar-refractivity contribution is 6.44. The van der Waals surface area contributed by atoms with Gasteiger partial charge in [0.15, 0.2) is 0 Å². The van der Waals surface area contributed by atoms with Crippen LogP contribution in [-0.2, 0) is 11.2 Å². The summed E-state index contributed by atoms with van der Waals surface area (Å²) < 4.78 is 0. The topological polar surface area (TPSA) is 129 Å². The van der Waals surface area contributed by atoms with Gasteiger partial charge in [-0.15, -0.1) is 0 Å². The van der Waals surface area contributed by atoms with Gasteiger partial charge in [-0.3, -0.25) is 19.4 Å². The third-order valence-corrected chi connectivity index (χ3v) is 5.06. The Morgan fingerprint density at radius 3 is 2.44 bits per heavy atom. The number of aromatic nitrogens is 3. The third-order valence-electron chi connectivity index (χ3n) is 4.62. The highest BCUT2D eigenvalue weighted by Gasteiger charge is 2.18. The SMILES string of the molecule is O=C(Nc1cc(Cl)cc(Cl)c1)/C(Cc1nc2ccccc2[nH]c1=O)=N\NC(=O)c1ccncc1. The van der Waals surface area contributed by atoms with Gasteiger partial charge in [0.2, 0.25) is 0 Å². The molecule has 4 aromatic rings. The van der Waals surface area contributed by atoms with Gasteiger partial charge < -0.3 is 10.3 Å². The minimum Gasteiger partial charge on any atom is -0.321 e. The summed E-state index contributed by atoms with van der Waals surface area (Å²) in [6.45, 7) is 0. The minimum atomic E-state index is -0.678. The Labute approximate surface area is 202 Å². The number of hydrogen-bond acceptors (Lipinski definition) is 6. The number of halogens is 2. The normalized spacial score (nSPS) is 11.3. The van der Waals surface area contributed by atoms with E-state index in [2.05, 4.69) is 30.8 Å². The first-order valence-corrected chi connectivity index (χ1v) is 10.7. The molecule has 0 spiro atoms. The van der Waals surface area contributed by atoms with E-state index in [0.29, 0.717) is 32.3 Å². The number of rotatable bonds is 6. The molecule has 0 radical (unpaired) electrons. The Bertz CT molecular complexity index is 1450. The van der Waals surface area contributed by atoms with Crippen LogP contribution >= 0.6 is 23.2 Å². The zero-order valence-corrected chi connectivity index (χ0v) is 18.9. The van der Waals surface area contributed by atoms with E-state index in [1.807, 2.05) is 0 Å². The van der Waals surface area contributed by atoms with E-state index in [9.17, 15) is 14.4 Å². The lowest BCUT2D eigenvalue weighted by atomic mass is 10.2. The number of carbonyl (C=O) groups excluding carboxylic acids is 2. The molecule has 2 aromatic heterocycles. The standard InChI is InChI=1S/C23H16Cl2N6O3/c24-14-9-15(25)11-16(10-14)27-23(34)20(30-31-21(32)13-5-7-26-8-6-13)12-19-22(33)29-18-4-2-1-3-17(18)28-19/h1-11H,12H2,(H,27,34)(H,29,33)(H,31,32)/b30-20-. The highest BCUT2D eigenvalue weighted by Crippen LogP contribution is 2.22. The van der Waals surface area contributed by atoms with E-state index in [-0.39, 0.29) is 17.8 Å². The first kappa shape index (κ1) is 23.1. The molecule has 3 N–H and O–H groups in total. The number of carbonyl (C=O) groups is 2. The van der Waals surface area contributed by atoms with Gasteiger partial charge in [0, 0.05) is 40.1 Å². The maximum Gasteiger partial charge on any atom is 0.272 e. The van der Waals surface area contributed by atoms with Gasteiger partial charge in [-0.25, -0.2) is 10.4 Å². The molecule has 170 valence electrons. The number of amides is 2. The van der Waals surface area contributed by atoms with Crippen molar-refractivity contribution in [3.8, 4) is 0 Å². The van der Waals surface area contributed by atoms with Crippen LogP contribution in [0.15, 0.2) is 76.9 Å². The van der Waals surface area contributed by atoms with Crippen LogP contribution in [0.5, 0.6) is 0 Å². The number of nitrogens with one attached hydrogen (secondary N) is 3. The second-order valence-corrected chi connectivity index (χ2v) is 7.93. The number of para-hydroxylation sites is 2. The van der Waals surface area contributed by atoms with Crippen molar-refractivity contribution in [2.45, 2.75) is 6.42 Å². The summed E-state index contributed by atoms with van der Waals surface area (Å²) in [4.78, 5) is 48.9. The molecule has 34 heavy (non-hydrogen) atoms. The van der Waals surface area contributed by atoms with E-state index in [1.165, 1.54) is 42.7 Å². The number of pyridine rings is 1. The van der Waals surface area contributed by atoms with Crippen LogP contribution in [0.2, 0.25) is 10.0 Å². The van der Waals surface area contributed by atoms with E-state index < -0.39 is 17.4 Å². The van der Waals surface area contributed by atoms with Crippen LogP contribution in [0.25, 0.3) is 11.0 Å². The second-order valence-electron chi connectivity index (χ2n) is 7.05. The van der Waals surface area contributed by atoms with Crippen LogP contribution in [-0.4, -0.2) is 32.5 Å². The van der Waals surface area contributed by atoms with Crippen molar-refractivity contribution in [1.82, 2.24) is 20.4 Å². The fraction of sp³-hybridized carbons (Fsp3) is 0.0435. The Morgan fingerprint density at radius 2 is 1.71 bits per heavy atom. The lowest BCUT2D eigenvalue weighted by Crippen LogP contribution is -2.31. The van der Waals surface area contributed by atoms with Gasteiger partial charge in [0.25, 0.3) is 17.4 Å². The average molecular weight is 495 g/mol. The molecule has 0 aliphatic rings. The number of H-pyrrole nitrogens is 1. The molecule has 0 bridgehead atoms. The first-order valence-electron chi connectivity index (χ1n) is 9.91. The number of benzene rings is 2. The molecule has 9 nitrogen and oxygen atoms in total. The fourth-order valence-corrected chi connectivity index (χ4v) is 3.56. The summed E-state index contributed by atoms with van der Waals surface area (Å²) in [6.07, 6.45) is 2.65. The Balaban J connectivity index is 1.65. The Hall–Kier alpha value is -4.08. The lowest BCUT2D eigenvalue weighted by molar-refractivity contribution is -0.110. The van der Waals surface area contributed by atoms with Crippen LogP contribution in [0, 0.1) is 0 Å². The largest absolute Gasteiger partial charge is 0.321 e. The molecule has 0 aliphatic heterocycles. The molecule has 0 unspecified atom stereocenters. The molecule has 2 amide bonds. The van der Waals surface area contributed by atoms with Gasteiger partial charge in [-0.05, 0) is 42.5 Å². The van der Waals surface area contributed by atoms with Crippen molar-refractivity contribution >= 4 is 57.4 Å². The van der Waals surface area contributed by atoms with Gasteiger partial charge in [0.05, 0.1) is 11.0 Å². The summed E-state index contributed by atoms with van der Waals surface area (Å²) in [5.41, 5.74) is 3.45. The summed E-state index contributed by atoms with van der Waals surface area (Å²) >= 11 is 12.0. The first-order chi connectivity index (χ1) is 16.4.